The second-order valence-corrected chi connectivity index (χ2v) is 5.41. The summed E-state index contributed by atoms with van der Waals surface area (Å²) in [5.74, 6) is -2.13. The number of halogens is 1. The number of ketones is 2. The second-order valence-electron chi connectivity index (χ2n) is 4.49. The molecule has 108 valence electrons. The van der Waals surface area contributed by atoms with Crippen LogP contribution in [-0.4, -0.2) is 24.1 Å². The standard InChI is InChI=1S/C15H17BrO4/c1-3-20-15(19)14(18)9-12(10(2)17)7-11-5-4-6-13(16)8-11/h4-6,8,12H,3,7,9H2,1-2H3. The number of benzene rings is 1. The lowest BCUT2D eigenvalue weighted by Gasteiger charge is -2.13. The largest absolute Gasteiger partial charge is 0.460 e. The fourth-order valence-electron chi connectivity index (χ4n) is 1.83. The van der Waals surface area contributed by atoms with Crippen molar-refractivity contribution in [3.05, 3.63) is 34.3 Å². The molecule has 0 heterocycles. The molecule has 1 aromatic rings. The topological polar surface area (TPSA) is 60.4 Å². The van der Waals surface area contributed by atoms with Gasteiger partial charge in [-0.05, 0) is 38.0 Å². The Bertz CT molecular complexity index is 510. The fourth-order valence-corrected chi connectivity index (χ4v) is 2.27. The molecule has 1 rings (SSSR count). The molecule has 0 saturated heterocycles. The van der Waals surface area contributed by atoms with Crippen LogP contribution in [0.15, 0.2) is 28.7 Å². The van der Waals surface area contributed by atoms with Crippen LogP contribution in [0, 0.1) is 5.92 Å². The lowest BCUT2D eigenvalue weighted by molar-refractivity contribution is -0.154. The Morgan fingerprint density at radius 2 is 2.00 bits per heavy atom. The summed E-state index contributed by atoms with van der Waals surface area (Å²) in [7, 11) is 0. The highest BCUT2D eigenvalue weighted by atomic mass is 79.9. The molecule has 1 atom stereocenters. The highest BCUT2D eigenvalue weighted by molar-refractivity contribution is 9.10. The van der Waals surface area contributed by atoms with Gasteiger partial charge in [-0.2, -0.15) is 0 Å². The maximum absolute atomic E-state index is 11.7. The van der Waals surface area contributed by atoms with E-state index in [1.165, 1.54) is 6.92 Å². The molecule has 0 aliphatic rings. The van der Waals surface area contributed by atoms with Crippen molar-refractivity contribution in [1.82, 2.24) is 0 Å². The van der Waals surface area contributed by atoms with E-state index in [0.29, 0.717) is 6.42 Å². The van der Waals surface area contributed by atoms with Gasteiger partial charge >= 0.3 is 5.97 Å². The van der Waals surface area contributed by atoms with Gasteiger partial charge < -0.3 is 4.74 Å². The maximum Gasteiger partial charge on any atom is 0.374 e. The number of esters is 1. The molecule has 5 heteroatoms. The van der Waals surface area contributed by atoms with Gasteiger partial charge in [0.1, 0.15) is 5.78 Å². The van der Waals surface area contributed by atoms with Crippen molar-refractivity contribution in [2.45, 2.75) is 26.7 Å². The molecule has 0 aliphatic heterocycles. The number of Topliss-reactive ketones (excluding diaryl/α,β-unsaturated/α-hetero) is 2. The van der Waals surface area contributed by atoms with Crippen molar-refractivity contribution in [2.75, 3.05) is 6.61 Å². The summed E-state index contributed by atoms with van der Waals surface area (Å²) in [4.78, 5) is 34.6. The van der Waals surface area contributed by atoms with Crippen molar-refractivity contribution in [3.63, 3.8) is 0 Å². The molecule has 0 bridgehead atoms. The average Bonchev–Trinajstić information content (AvgIpc) is 2.38. The number of carbonyl (C=O) groups excluding carboxylic acids is 3. The Labute approximate surface area is 126 Å². The molecule has 1 aromatic carbocycles. The number of ether oxygens (including phenoxy) is 1. The first kappa shape index (κ1) is 16.6. The third kappa shape index (κ3) is 5.25. The smallest absolute Gasteiger partial charge is 0.374 e. The van der Waals surface area contributed by atoms with Crippen molar-refractivity contribution in [2.24, 2.45) is 5.92 Å². The van der Waals surface area contributed by atoms with E-state index in [2.05, 4.69) is 20.7 Å². The molecular weight excluding hydrogens is 324 g/mol. The normalized spacial score (nSPS) is 11.8. The van der Waals surface area contributed by atoms with Crippen molar-refractivity contribution >= 4 is 33.5 Å². The zero-order valence-electron chi connectivity index (χ0n) is 11.5. The molecule has 0 amide bonds. The summed E-state index contributed by atoms with van der Waals surface area (Å²) < 4.78 is 5.56. The van der Waals surface area contributed by atoms with E-state index < -0.39 is 17.7 Å². The van der Waals surface area contributed by atoms with Crippen molar-refractivity contribution < 1.29 is 19.1 Å². The molecule has 0 radical (unpaired) electrons. The van der Waals surface area contributed by atoms with Gasteiger partial charge in [-0.1, -0.05) is 28.1 Å². The van der Waals surface area contributed by atoms with E-state index in [1.54, 1.807) is 6.92 Å². The predicted octanol–water partition coefficient (Wildman–Crippen LogP) is 2.72. The van der Waals surface area contributed by atoms with E-state index in [-0.39, 0.29) is 18.8 Å². The first-order valence-electron chi connectivity index (χ1n) is 6.38. The van der Waals surface area contributed by atoms with Crippen LogP contribution in [0.5, 0.6) is 0 Å². The quantitative estimate of drug-likeness (QED) is 0.565. The van der Waals surface area contributed by atoms with Crippen LogP contribution in [0.1, 0.15) is 25.8 Å². The molecule has 0 N–H and O–H groups in total. The van der Waals surface area contributed by atoms with Crippen molar-refractivity contribution in [3.8, 4) is 0 Å². The van der Waals surface area contributed by atoms with Gasteiger partial charge in [0, 0.05) is 16.8 Å². The molecule has 20 heavy (non-hydrogen) atoms. The Morgan fingerprint density at radius 3 is 2.55 bits per heavy atom. The lowest BCUT2D eigenvalue weighted by atomic mass is 9.91. The van der Waals surface area contributed by atoms with Gasteiger partial charge in [-0.15, -0.1) is 0 Å². The summed E-state index contributed by atoms with van der Waals surface area (Å²) in [6.07, 6.45) is 0.320. The number of rotatable bonds is 7. The summed E-state index contributed by atoms with van der Waals surface area (Å²) in [5, 5.41) is 0. The molecular formula is C15H17BrO4. The van der Waals surface area contributed by atoms with Gasteiger partial charge in [0.2, 0.25) is 5.78 Å². The highest BCUT2D eigenvalue weighted by Crippen LogP contribution is 2.18. The van der Waals surface area contributed by atoms with Crippen LogP contribution in [-0.2, 0) is 25.5 Å². The van der Waals surface area contributed by atoms with Crippen LogP contribution in [0.2, 0.25) is 0 Å². The lowest BCUT2D eigenvalue weighted by Crippen LogP contribution is -2.25. The Balaban J connectivity index is 2.73. The van der Waals surface area contributed by atoms with Crippen LogP contribution in [0.4, 0.5) is 0 Å². The van der Waals surface area contributed by atoms with Crippen molar-refractivity contribution in [1.29, 1.82) is 0 Å². The van der Waals surface area contributed by atoms with Gasteiger partial charge in [0.05, 0.1) is 6.61 Å². The minimum atomic E-state index is -0.868. The van der Waals surface area contributed by atoms with Gasteiger partial charge in [0.25, 0.3) is 0 Å². The molecule has 0 fully saturated rings. The molecule has 0 aromatic heterocycles. The Hall–Kier alpha value is -1.49. The first-order valence-corrected chi connectivity index (χ1v) is 7.18. The van der Waals surface area contributed by atoms with Gasteiger partial charge in [0.15, 0.2) is 0 Å². The van der Waals surface area contributed by atoms with E-state index >= 15 is 0 Å². The molecule has 4 nitrogen and oxygen atoms in total. The van der Waals surface area contributed by atoms with Gasteiger partial charge in [-0.3, -0.25) is 9.59 Å². The number of hydrogen-bond acceptors (Lipinski definition) is 4. The zero-order valence-corrected chi connectivity index (χ0v) is 13.1. The second kappa shape index (κ2) is 7.94. The third-order valence-electron chi connectivity index (χ3n) is 2.88. The summed E-state index contributed by atoms with van der Waals surface area (Å²) >= 11 is 3.36. The third-order valence-corrected chi connectivity index (χ3v) is 3.37. The average molecular weight is 341 g/mol. The summed E-state index contributed by atoms with van der Waals surface area (Å²) in [6, 6.07) is 7.53. The minimum Gasteiger partial charge on any atom is -0.460 e. The van der Waals surface area contributed by atoms with Gasteiger partial charge in [-0.25, -0.2) is 4.79 Å². The van der Waals surface area contributed by atoms with E-state index in [0.717, 1.165) is 10.0 Å². The highest BCUT2D eigenvalue weighted by Gasteiger charge is 2.24. The molecule has 1 unspecified atom stereocenters. The van der Waals surface area contributed by atoms with E-state index in [1.807, 2.05) is 24.3 Å². The Kier molecular flexibility index (Phi) is 6.58. The first-order chi connectivity index (χ1) is 9.43. The minimum absolute atomic E-state index is 0.109. The fraction of sp³-hybridized carbons (Fsp3) is 0.400. The summed E-state index contributed by atoms with van der Waals surface area (Å²) in [5.41, 5.74) is 0.941. The monoisotopic (exact) mass is 340 g/mol. The Morgan fingerprint density at radius 1 is 1.30 bits per heavy atom. The van der Waals surface area contributed by atoms with Crippen LogP contribution >= 0.6 is 15.9 Å². The summed E-state index contributed by atoms with van der Waals surface area (Å²) in [6.45, 7) is 3.22. The van der Waals surface area contributed by atoms with E-state index in [4.69, 9.17) is 0 Å². The zero-order chi connectivity index (χ0) is 15.1. The number of hydrogen-bond donors (Lipinski definition) is 0. The van der Waals surface area contributed by atoms with E-state index in [9.17, 15) is 14.4 Å². The SMILES string of the molecule is CCOC(=O)C(=O)CC(Cc1cccc(Br)c1)C(C)=O. The maximum atomic E-state index is 11.7. The van der Waals surface area contributed by atoms with Crippen LogP contribution < -0.4 is 0 Å². The predicted molar refractivity (Wildman–Crippen MR) is 78.3 cm³/mol. The molecule has 0 saturated carbocycles. The van der Waals surface area contributed by atoms with Crippen LogP contribution in [0.3, 0.4) is 0 Å². The molecule has 0 aliphatic carbocycles. The molecule has 0 spiro atoms. The number of carbonyl (C=O) groups is 3. The van der Waals surface area contributed by atoms with Crippen LogP contribution in [0.25, 0.3) is 0 Å².